The quantitative estimate of drug-likeness (QED) is 0.468. The molecule has 1 aliphatic rings. The van der Waals surface area contributed by atoms with Crippen molar-refractivity contribution < 1.29 is 0 Å². The highest BCUT2D eigenvalue weighted by Gasteiger charge is 2.19. The predicted octanol–water partition coefficient (Wildman–Crippen LogP) is 4.73. The maximum absolute atomic E-state index is 6.26. The molecule has 1 atom stereocenters. The zero-order valence-electron chi connectivity index (χ0n) is 11.9. The summed E-state index contributed by atoms with van der Waals surface area (Å²) in [5, 5.41) is 1.28. The van der Waals surface area contributed by atoms with E-state index in [0.717, 1.165) is 24.3 Å². The fourth-order valence-corrected chi connectivity index (χ4v) is 3.58. The summed E-state index contributed by atoms with van der Waals surface area (Å²) in [6.07, 6.45) is 10.1. The van der Waals surface area contributed by atoms with E-state index < -0.39 is 0 Å². The summed E-state index contributed by atoms with van der Waals surface area (Å²) in [6.45, 7) is 0. The van der Waals surface area contributed by atoms with Gasteiger partial charge in [0.05, 0.1) is 10.0 Å². The number of rotatable bonds is 5. The SMILES string of the molecule is NNC(Cc1cccc(Cl)c1Cl)CC1CCCCCC1. The standard InChI is InChI=1S/C16H24Cl2N2/c17-15-9-5-8-13(16(15)18)11-14(20-19)10-12-6-3-1-2-4-7-12/h5,8-9,12,14,20H,1-4,6-7,10-11,19H2. The van der Waals surface area contributed by atoms with Gasteiger partial charge in [0.15, 0.2) is 0 Å². The molecule has 0 bridgehead atoms. The highest BCUT2D eigenvalue weighted by Crippen LogP contribution is 2.30. The molecule has 1 aromatic rings. The van der Waals surface area contributed by atoms with Gasteiger partial charge in [-0.15, -0.1) is 0 Å². The lowest BCUT2D eigenvalue weighted by atomic mass is 9.90. The Bertz CT molecular complexity index is 415. The lowest BCUT2D eigenvalue weighted by Crippen LogP contribution is -2.38. The van der Waals surface area contributed by atoms with Gasteiger partial charge in [0.2, 0.25) is 0 Å². The maximum atomic E-state index is 6.26. The van der Waals surface area contributed by atoms with Crippen LogP contribution in [0.3, 0.4) is 0 Å². The molecule has 2 rings (SSSR count). The van der Waals surface area contributed by atoms with Crippen LogP contribution < -0.4 is 11.3 Å². The molecule has 0 spiro atoms. The van der Waals surface area contributed by atoms with Crippen molar-refractivity contribution in [3.63, 3.8) is 0 Å². The van der Waals surface area contributed by atoms with Crippen LogP contribution in [-0.4, -0.2) is 6.04 Å². The average Bonchev–Trinajstić information content (AvgIpc) is 2.71. The number of halogens is 2. The van der Waals surface area contributed by atoms with Crippen molar-refractivity contribution in [2.75, 3.05) is 0 Å². The van der Waals surface area contributed by atoms with Gasteiger partial charge in [-0.25, -0.2) is 0 Å². The molecular weight excluding hydrogens is 291 g/mol. The Kier molecular flexibility index (Phi) is 6.63. The summed E-state index contributed by atoms with van der Waals surface area (Å²) in [5.74, 6) is 6.53. The minimum Gasteiger partial charge on any atom is -0.271 e. The molecule has 1 unspecified atom stereocenters. The van der Waals surface area contributed by atoms with Crippen LogP contribution in [0.25, 0.3) is 0 Å². The molecule has 1 aromatic carbocycles. The summed E-state index contributed by atoms with van der Waals surface area (Å²) < 4.78 is 0. The van der Waals surface area contributed by atoms with E-state index in [1.807, 2.05) is 18.2 Å². The van der Waals surface area contributed by atoms with E-state index in [-0.39, 0.29) is 6.04 Å². The second kappa shape index (κ2) is 8.23. The molecule has 2 nitrogen and oxygen atoms in total. The molecule has 0 amide bonds. The van der Waals surface area contributed by atoms with Gasteiger partial charge in [0, 0.05) is 6.04 Å². The number of hydrazine groups is 1. The van der Waals surface area contributed by atoms with Crippen molar-refractivity contribution in [2.45, 2.75) is 57.4 Å². The van der Waals surface area contributed by atoms with Crippen LogP contribution in [0.4, 0.5) is 0 Å². The Morgan fingerprint density at radius 3 is 2.50 bits per heavy atom. The third-order valence-electron chi connectivity index (χ3n) is 4.33. The highest BCUT2D eigenvalue weighted by atomic mass is 35.5. The average molecular weight is 315 g/mol. The minimum absolute atomic E-state index is 0.272. The fraction of sp³-hybridized carbons (Fsp3) is 0.625. The van der Waals surface area contributed by atoms with Gasteiger partial charge < -0.3 is 0 Å². The summed E-state index contributed by atoms with van der Waals surface area (Å²) in [5.41, 5.74) is 4.04. The summed E-state index contributed by atoms with van der Waals surface area (Å²) in [4.78, 5) is 0. The molecule has 1 fully saturated rings. The Balaban J connectivity index is 1.95. The molecule has 4 heteroatoms. The van der Waals surface area contributed by atoms with Crippen molar-refractivity contribution in [1.29, 1.82) is 0 Å². The van der Waals surface area contributed by atoms with Gasteiger partial charge in [0.25, 0.3) is 0 Å². The van der Waals surface area contributed by atoms with Crippen molar-refractivity contribution in [2.24, 2.45) is 11.8 Å². The van der Waals surface area contributed by atoms with Crippen molar-refractivity contribution in [3.8, 4) is 0 Å². The molecule has 0 aliphatic heterocycles. The van der Waals surface area contributed by atoms with Gasteiger partial charge in [-0.3, -0.25) is 11.3 Å². The van der Waals surface area contributed by atoms with E-state index in [9.17, 15) is 0 Å². The van der Waals surface area contributed by atoms with E-state index in [0.29, 0.717) is 10.0 Å². The van der Waals surface area contributed by atoms with Crippen molar-refractivity contribution in [3.05, 3.63) is 33.8 Å². The molecule has 1 saturated carbocycles. The van der Waals surface area contributed by atoms with Gasteiger partial charge in [-0.05, 0) is 30.4 Å². The molecule has 20 heavy (non-hydrogen) atoms. The number of nitrogens with two attached hydrogens (primary N) is 1. The first-order valence-corrected chi connectivity index (χ1v) is 8.35. The number of hydrogen-bond acceptors (Lipinski definition) is 2. The topological polar surface area (TPSA) is 38.0 Å². The first-order chi connectivity index (χ1) is 9.70. The first-order valence-electron chi connectivity index (χ1n) is 7.59. The molecule has 1 aliphatic carbocycles. The Morgan fingerprint density at radius 2 is 1.85 bits per heavy atom. The van der Waals surface area contributed by atoms with Crippen molar-refractivity contribution in [1.82, 2.24) is 5.43 Å². The van der Waals surface area contributed by atoms with E-state index in [2.05, 4.69) is 5.43 Å². The van der Waals surface area contributed by atoms with E-state index in [1.54, 1.807) is 0 Å². The van der Waals surface area contributed by atoms with Crippen molar-refractivity contribution >= 4 is 23.2 Å². The second-order valence-electron chi connectivity index (χ2n) is 5.87. The third kappa shape index (κ3) is 4.63. The van der Waals surface area contributed by atoms with Crippen LogP contribution in [0.15, 0.2) is 18.2 Å². The maximum Gasteiger partial charge on any atom is 0.0624 e. The summed E-state index contributed by atoms with van der Waals surface area (Å²) >= 11 is 12.3. The van der Waals surface area contributed by atoms with E-state index in [4.69, 9.17) is 29.0 Å². The monoisotopic (exact) mass is 314 g/mol. The van der Waals surface area contributed by atoms with Gasteiger partial charge in [0.1, 0.15) is 0 Å². The summed E-state index contributed by atoms with van der Waals surface area (Å²) in [7, 11) is 0. The van der Waals surface area contributed by atoms with E-state index >= 15 is 0 Å². The normalized spacial score (nSPS) is 18.8. The largest absolute Gasteiger partial charge is 0.271 e. The number of hydrogen-bond donors (Lipinski definition) is 2. The zero-order valence-corrected chi connectivity index (χ0v) is 13.4. The van der Waals surface area contributed by atoms with Crippen LogP contribution in [-0.2, 0) is 6.42 Å². The second-order valence-corrected chi connectivity index (χ2v) is 6.66. The van der Waals surface area contributed by atoms with Crippen LogP contribution in [0.2, 0.25) is 10.0 Å². The molecular formula is C16H24Cl2N2. The molecule has 0 aromatic heterocycles. The molecule has 0 saturated heterocycles. The Labute approximate surface area is 132 Å². The molecule has 0 heterocycles. The van der Waals surface area contributed by atoms with Gasteiger partial charge in [-0.1, -0.05) is 73.9 Å². The zero-order chi connectivity index (χ0) is 14.4. The summed E-state index contributed by atoms with van der Waals surface area (Å²) in [6, 6.07) is 6.08. The fourth-order valence-electron chi connectivity index (χ4n) is 3.18. The molecule has 0 radical (unpaired) electrons. The van der Waals surface area contributed by atoms with Crippen LogP contribution in [0, 0.1) is 5.92 Å². The molecule has 112 valence electrons. The number of benzene rings is 1. The van der Waals surface area contributed by atoms with Crippen LogP contribution in [0.5, 0.6) is 0 Å². The minimum atomic E-state index is 0.272. The lowest BCUT2D eigenvalue weighted by molar-refractivity contribution is 0.352. The Hall–Kier alpha value is -0.280. The third-order valence-corrected chi connectivity index (χ3v) is 5.18. The van der Waals surface area contributed by atoms with Gasteiger partial charge >= 0.3 is 0 Å². The van der Waals surface area contributed by atoms with Gasteiger partial charge in [-0.2, -0.15) is 0 Å². The first kappa shape index (κ1) is 16.1. The lowest BCUT2D eigenvalue weighted by Gasteiger charge is -2.22. The predicted molar refractivity (Wildman–Crippen MR) is 87.1 cm³/mol. The Morgan fingerprint density at radius 1 is 1.15 bits per heavy atom. The highest BCUT2D eigenvalue weighted by molar-refractivity contribution is 6.42. The molecule has 3 N–H and O–H groups in total. The smallest absolute Gasteiger partial charge is 0.0624 e. The van der Waals surface area contributed by atoms with E-state index in [1.165, 1.54) is 38.5 Å². The van der Waals surface area contributed by atoms with Crippen LogP contribution in [0.1, 0.15) is 50.5 Å². The van der Waals surface area contributed by atoms with Crippen LogP contribution >= 0.6 is 23.2 Å². The number of nitrogens with one attached hydrogen (secondary N) is 1.